The summed E-state index contributed by atoms with van der Waals surface area (Å²) >= 11 is 0. The molecule has 12 heteroatoms. The highest BCUT2D eigenvalue weighted by molar-refractivity contribution is 6.32. The minimum absolute atomic E-state index is 0.0397. The first-order chi connectivity index (χ1) is 19.3. The first-order valence-electron chi connectivity index (χ1n) is 13.1. The van der Waals surface area contributed by atoms with Crippen LogP contribution in [0.1, 0.15) is 28.8 Å². The van der Waals surface area contributed by atoms with E-state index < -0.39 is 82.1 Å². The number of fused-ring (bicyclic) bond motifs is 4. The molecular weight excluding hydrogens is 536 g/mol. The van der Waals surface area contributed by atoms with Gasteiger partial charge in [-0.05, 0) is 43.3 Å². The minimum Gasteiger partial charge on any atom is -0.507 e. The molecule has 2 aromatic rings. The van der Waals surface area contributed by atoms with E-state index >= 15 is 0 Å². The number of aliphatic hydroxyl groups excluding tert-OH is 1. The number of nitrogens with zero attached hydrogens (tertiary/aromatic N) is 1. The third kappa shape index (κ3) is 3.41. The first kappa shape index (κ1) is 27.1. The number of Topliss-reactive ketones (excluding diaryl/α,β-unsaturated/α-hetero) is 4. The van der Waals surface area contributed by atoms with Crippen LogP contribution in [-0.4, -0.2) is 87.9 Å². The predicted octanol–water partition coefficient (Wildman–Crippen LogP) is -0.205. The standard InChI is InChI=1S/C29H28N2O10/c1-10-12-5-6-13(11-4-7-14-15(8-11)41-9-40-14)22(32)17(12)23(33)18-16(10)24(34)20-21(31(2)3)25(35)19(28(30)38)27(37)29(20,39)26(18)36/h4-8,10,16,18-21,24,32,34,39H,9H2,1-3H3,(H2,30,38)/t10?,16-,18?,19?,20-,21+,24+,29+/m1/s1. The highest BCUT2D eigenvalue weighted by Gasteiger charge is 2.72. The number of aromatic hydroxyl groups is 1. The van der Waals surface area contributed by atoms with Crippen molar-refractivity contribution in [1.29, 1.82) is 0 Å². The van der Waals surface area contributed by atoms with Crippen molar-refractivity contribution in [3.8, 4) is 28.4 Å². The summed E-state index contributed by atoms with van der Waals surface area (Å²) in [4.78, 5) is 68.3. The number of rotatable bonds is 3. The number of benzene rings is 2. The molecule has 5 N–H and O–H groups in total. The molecule has 1 amide bonds. The second kappa shape index (κ2) is 8.93. The van der Waals surface area contributed by atoms with Crippen LogP contribution < -0.4 is 15.2 Å². The summed E-state index contributed by atoms with van der Waals surface area (Å²) in [7, 11) is 2.89. The Labute approximate surface area is 233 Å². The van der Waals surface area contributed by atoms with Gasteiger partial charge in [0.15, 0.2) is 46.2 Å². The number of carbonyl (C=O) groups is 5. The number of primary amides is 1. The van der Waals surface area contributed by atoms with Gasteiger partial charge in [-0.2, -0.15) is 0 Å². The number of hydrogen-bond donors (Lipinski definition) is 4. The Kier molecular flexibility index (Phi) is 5.90. The molecule has 214 valence electrons. The third-order valence-corrected chi connectivity index (χ3v) is 9.17. The van der Waals surface area contributed by atoms with E-state index in [9.17, 15) is 39.3 Å². The maximum atomic E-state index is 14.1. The topological polar surface area (TPSA) is 194 Å². The summed E-state index contributed by atoms with van der Waals surface area (Å²) in [6.07, 6.45) is -1.68. The van der Waals surface area contributed by atoms with E-state index in [-0.39, 0.29) is 17.9 Å². The number of phenols is 1. The number of nitrogens with two attached hydrogens (primary N) is 1. The fraction of sp³-hybridized carbons (Fsp3) is 0.414. The van der Waals surface area contributed by atoms with Gasteiger partial charge in [0.05, 0.1) is 29.5 Å². The molecule has 0 saturated heterocycles. The number of hydrogen-bond acceptors (Lipinski definition) is 11. The van der Waals surface area contributed by atoms with Crippen molar-refractivity contribution >= 4 is 29.0 Å². The van der Waals surface area contributed by atoms with Crippen LogP contribution >= 0.6 is 0 Å². The molecule has 3 aliphatic carbocycles. The van der Waals surface area contributed by atoms with Crippen molar-refractivity contribution in [1.82, 2.24) is 4.90 Å². The van der Waals surface area contributed by atoms with Crippen molar-refractivity contribution in [2.75, 3.05) is 20.9 Å². The normalized spacial score (nSPS) is 33.9. The predicted molar refractivity (Wildman–Crippen MR) is 139 cm³/mol. The van der Waals surface area contributed by atoms with E-state index in [1.807, 2.05) is 0 Å². The van der Waals surface area contributed by atoms with Crippen LogP contribution in [-0.2, 0) is 19.2 Å². The lowest BCUT2D eigenvalue weighted by Crippen LogP contribution is -2.77. The van der Waals surface area contributed by atoms with E-state index in [0.29, 0.717) is 22.6 Å². The number of ketones is 4. The number of likely N-dealkylation sites (N-methyl/N-ethyl adjacent to an activating group) is 1. The van der Waals surface area contributed by atoms with Crippen LogP contribution in [0.5, 0.6) is 17.2 Å². The van der Waals surface area contributed by atoms with Crippen molar-refractivity contribution in [2.24, 2.45) is 29.4 Å². The number of ether oxygens (including phenoxy) is 2. The van der Waals surface area contributed by atoms with Crippen molar-refractivity contribution < 1.29 is 48.8 Å². The highest BCUT2D eigenvalue weighted by Crippen LogP contribution is 2.55. The maximum Gasteiger partial charge on any atom is 0.235 e. The zero-order valence-electron chi connectivity index (χ0n) is 22.4. The fourth-order valence-corrected chi connectivity index (χ4v) is 7.29. The molecule has 2 saturated carbocycles. The SMILES string of the molecule is CC1c2ccc(-c3ccc4c(c3)OCO4)c(O)c2C(=O)C2C(=O)[C@]3(O)C(=O)C(C(N)=O)C(=O)[C@@H](N(C)C)[C@@H]3[C@@H](O)[C@@H]21. The molecule has 12 nitrogen and oxygen atoms in total. The molecule has 2 fully saturated rings. The first-order valence-corrected chi connectivity index (χ1v) is 13.1. The van der Waals surface area contributed by atoms with Crippen molar-refractivity contribution in [2.45, 2.75) is 30.6 Å². The van der Waals surface area contributed by atoms with Crippen LogP contribution in [0.4, 0.5) is 0 Å². The summed E-state index contributed by atoms with van der Waals surface area (Å²) in [6, 6.07) is 6.77. The summed E-state index contributed by atoms with van der Waals surface area (Å²) in [6.45, 7) is 1.70. The molecule has 41 heavy (non-hydrogen) atoms. The Hall–Kier alpha value is -4.13. The molecule has 0 spiro atoms. The lowest BCUT2D eigenvalue weighted by Gasteiger charge is -2.56. The zero-order valence-corrected chi connectivity index (χ0v) is 22.4. The molecule has 1 aliphatic heterocycles. The Balaban J connectivity index is 1.50. The highest BCUT2D eigenvalue weighted by atomic mass is 16.7. The maximum absolute atomic E-state index is 14.1. The Morgan fingerprint density at radius 2 is 1.73 bits per heavy atom. The molecule has 3 unspecified atom stereocenters. The second-order valence-electron chi connectivity index (χ2n) is 11.4. The van der Waals surface area contributed by atoms with Crippen LogP contribution in [0.25, 0.3) is 11.1 Å². The molecule has 6 rings (SSSR count). The molecule has 8 atom stereocenters. The molecule has 0 aromatic heterocycles. The number of amides is 1. The van der Waals surface area contributed by atoms with Crippen molar-refractivity contribution in [3.63, 3.8) is 0 Å². The van der Waals surface area contributed by atoms with Crippen LogP contribution in [0.2, 0.25) is 0 Å². The molecule has 0 radical (unpaired) electrons. The van der Waals surface area contributed by atoms with Crippen molar-refractivity contribution in [3.05, 3.63) is 41.5 Å². The van der Waals surface area contributed by atoms with Gasteiger partial charge in [-0.3, -0.25) is 28.9 Å². The lowest BCUT2D eigenvalue weighted by molar-refractivity contribution is -0.196. The Morgan fingerprint density at radius 3 is 2.39 bits per heavy atom. The molecular formula is C29H28N2O10. The van der Waals surface area contributed by atoms with Gasteiger partial charge in [0.1, 0.15) is 5.75 Å². The van der Waals surface area contributed by atoms with Gasteiger partial charge in [-0.25, -0.2) is 0 Å². The van der Waals surface area contributed by atoms with Gasteiger partial charge in [0, 0.05) is 11.5 Å². The number of aliphatic hydroxyl groups is 2. The van der Waals surface area contributed by atoms with Gasteiger partial charge in [0.25, 0.3) is 0 Å². The molecule has 1 heterocycles. The summed E-state index contributed by atoms with van der Waals surface area (Å²) in [5.41, 5.74) is 3.26. The van der Waals surface area contributed by atoms with Gasteiger partial charge >= 0.3 is 0 Å². The summed E-state index contributed by atoms with van der Waals surface area (Å²) < 4.78 is 10.7. The van der Waals surface area contributed by atoms with E-state index in [1.165, 1.54) is 19.0 Å². The fourth-order valence-electron chi connectivity index (χ4n) is 7.29. The van der Waals surface area contributed by atoms with Gasteiger partial charge in [-0.15, -0.1) is 0 Å². The van der Waals surface area contributed by atoms with Gasteiger partial charge in [0.2, 0.25) is 12.7 Å². The third-order valence-electron chi connectivity index (χ3n) is 9.17. The Bertz CT molecular complexity index is 1570. The quantitative estimate of drug-likeness (QED) is 0.361. The van der Waals surface area contributed by atoms with E-state index in [1.54, 1.807) is 37.3 Å². The number of carbonyl (C=O) groups excluding carboxylic acids is 5. The van der Waals surface area contributed by atoms with Gasteiger partial charge < -0.3 is 30.5 Å². The smallest absolute Gasteiger partial charge is 0.235 e. The van der Waals surface area contributed by atoms with Crippen LogP contribution in [0.3, 0.4) is 0 Å². The van der Waals surface area contributed by atoms with Crippen LogP contribution in [0.15, 0.2) is 30.3 Å². The van der Waals surface area contributed by atoms with E-state index in [4.69, 9.17) is 15.2 Å². The minimum atomic E-state index is -3.04. The molecule has 4 aliphatic rings. The van der Waals surface area contributed by atoms with Gasteiger partial charge in [-0.1, -0.05) is 25.1 Å². The van der Waals surface area contributed by atoms with Crippen LogP contribution in [0, 0.1) is 23.7 Å². The summed E-state index contributed by atoms with van der Waals surface area (Å²) in [5.74, 6) is -12.7. The second-order valence-corrected chi connectivity index (χ2v) is 11.4. The van der Waals surface area contributed by atoms with E-state index in [2.05, 4.69) is 0 Å². The molecule has 2 aromatic carbocycles. The molecule has 0 bridgehead atoms. The summed E-state index contributed by atoms with van der Waals surface area (Å²) in [5, 5.41) is 34.8. The average molecular weight is 565 g/mol. The average Bonchev–Trinajstić information content (AvgIpc) is 3.38. The largest absolute Gasteiger partial charge is 0.507 e. The lowest BCUT2D eigenvalue weighted by atomic mass is 9.49. The monoisotopic (exact) mass is 564 g/mol. The zero-order chi connectivity index (χ0) is 29.7. The number of phenolic OH excluding ortho intramolecular Hbond substituents is 1. The Morgan fingerprint density at radius 1 is 1.05 bits per heavy atom. The van der Waals surface area contributed by atoms with E-state index in [0.717, 1.165) is 0 Å².